The van der Waals surface area contributed by atoms with Crippen molar-refractivity contribution in [3.8, 4) is 5.75 Å². The van der Waals surface area contributed by atoms with E-state index in [-0.39, 0.29) is 11.6 Å². The molecule has 1 aromatic rings. The number of halogens is 4. The molecule has 0 aromatic heterocycles. The van der Waals surface area contributed by atoms with Gasteiger partial charge in [-0.3, -0.25) is 0 Å². The molecule has 0 saturated carbocycles. The monoisotopic (exact) mass is 266 g/mol. The quantitative estimate of drug-likeness (QED) is 0.558. The smallest absolute Gasteiger partial charge is 0.419 e. The third-order valence-corrected chi connectivity index (χ3v) is 2.57. The van der Waals surface area contributed by atoms with Crippen molar-refractivity contribution in [2.45, 2.75) is 31.8 Å². The van der Waals surface area contributed by atoms with Gasteiger partial charge in [0.2, 0.25) is 0 Å². The maximum Gasteiger partial charge on any atom is 0.419 e. The van der Waals surface area contributed by atoms with Crippen molar-refractivity contribution < 1.29 is 17.9 Å². The van der Waals surface area contributed by atoms with Crippen molar-refractivity contribution in [2.24, 2.45) is 0 Å². The number of hydrogen-bond donors (Lipinski definition) is 0. The zero-order valence-corrected chi connectivity index (χ0v) is 10.2. The molecule has 1 nitrogen and oxygen atoms in total. The van der Waals surface area contributed by atoms with Gasteiger partial charge >= 0.3 is 6.18 Å². The van der Waals surface area contributed by atoms with E-state index in [0.717, 1.165) is 18.9 Å². The topological polar surface area (TPSA) is 9.23 Å². The van der Waals surface area contributed by atoms with E-state index in [1.807, 2.05) is 6.92 Å². The van der Waals surface area contributed by atoms with Gasteiger partial charge in [-0.1, -0.05) is 19.4 Å². The highest BCUT2D eigenvalue weighted by Crippen LogP contribution is 2.37. The Balaban J connectivity index is 2.95. The van der Waals surface area contributed by atoms with Crippen molar-refractivity contribution in [3.63, 3.8) is 0 Å². The Kier molecular flexibility index (Phi) is 5.12. The summed E-state index contributed by atoms with van der Waals surface area (Å²) in [5, 5.41) is 0. The summed E-state index contributed by atoms with van der Waals surface area (Å²) >= 11 is 5.52. The maximum atomic E-state index is 12.8. The molecule has 1 rings (SSSR count). The standard InChI is InChI=1S/C12H14ClF3O/c1-2-3-6-17-11-5-4-9(8-13)7-10(11)12(14,15)16/h4-5,7H,2-3,6,8H2,1H3. The zero-order valence-electron chi connectivity index (χ0n) is 9.48. The SMILES string of the molecule is CCCCOc1ccc(CCl)cc1C(F)(F)F. The van der Waals surface area contributed by atoms with Crippen molar-refractivity contribution in [2.75, 3.05) is 6.61 Å². The van der Waals surface area contributed by atoms with Crippen molar-refractivity contribution >= 4 is 11.6 Å². The van der Waals surface area contributed by atoms with Crippen molar-refractivity contribution in [3.05, 3.63) is 29.3 Å². The Morgan fingerprint density at radius 3 is 2.53 bits per heavy atom. The molecule has 0 atom stereocenters. The first kappa shape index (κ1) is 14.2. The molecule has 0 amide bonds. The molecule has 17 heavy (non-hydrogen) atoms. The lowest BCUT2D eigenvalue weighted by molar-refractivity contribution is -0.139. The molecule has 0 radical (unpaired) electrons. The van der Waals surface area contributed by atoms with Crippen molar-refractivity contribution in [1.82, 2.24) is 0 Å². The van der Waals surface area contributed by atoms with Crippen LogP contribution in [0.15, 0.2) is 18.2 Å². The van der Waals surface area contributed by atoms with Crippen LogP contribution in [0.1, 0.15) is 30.9 Å². The lowest BCUT2D eigenvalue weighted by Gasteiger charge is -2.14. The summed E-state index contributed by atoms with van der Waals surface area (Å²) in [7, 11) is 0. The van der Waals surface area contributed by atoms with E-state index >= 15 is 0 Å². The number of benzene rings is 1. The van der Waals surface area contributed by atoms with Crippen LogP contribution in [0, 0.1) is 0 Å². The van der Waals surface area contributed by atoms with Gasteiger partial charge in [0.05, 0.1) is 12.2 Å². The van der Waals surface area contributed by atoms with Crippen LogP contribution >= 0.6 is 11.6 Å². The van der Waals surface area contributed by atoms with E-state index < -0.39 is 11.7 Å². The normalized spacial score (nSPS) is 11.6. The molecule has 0 spiro atoms. The average Bonchev–Trinajstić information content (AvgIpc) is 2.28. The Hall–Kier alpha value is -0.900. The van der Waals surface area contributed by atoms with Gasteiger partial charge < -0.3 is 4.74 Å². The minimum atomic E-state index is -4.41. The van der Waals surface area contributed by atoms with Gasteiger partial charge in [0, 0.05) is 5.88 Å². The van der Waals surface area contributed by atoms with Crippen LogP contribution in [0.25, 0.3) is 0 Å². The fourth-order valence-corrected chi connectivity index (χ4v) is 1.50. The molecule has 0 heterocycles. The number of rotatable bonds is 5. The Morgan fingerprint density at radius 1 is 1.29 bits per heavy atom. The lowest BCUT2D eigenvalue weighted by Crippen LogP contribution is -2.10. The fraction of sp³-hybridized carbons (Fsp3) is 0.500. The van der Waals surface area contributed by atoms with E-state index in [0.29, 0.717) is 12.2 Å². The molecule has 0 fully saturated rings. The van der Waals surface area contributed by atoms with Crippen molar-refractivity contribution in [1.29, 1.82) is 0 Å². The number of ether oxygens (including phenoxy) is 1. The summed E-state index contributed by atoms with van der Waals surface area (Å²) in [4.78, 5) is 0. The molecule has 0 bridgehead atoms. The Morgan fingerprint density at radius 2 is 2.00 bits per heavy atom. The molecular formula is C12H14ClF3O. The minimum Gasteiger partial charge on any atom is -0.493 e. The van der Waals surface area contributed by atoms with Gasteiger partial charge in [0.1, 0.15) is 5.75 Å². The molecule has 0 aliphatic heterocycles. The summed E-state index contributed by atoms with van der Waals surface area (Å²) < 4.78 is 43.4. The van der Waals surface area contributed by atoms with E-state index in [4.69, 9.17) is 16.3 Å². The molecular weight excluding hydrogens is 253 g/mol. The fourth-order valence-electron chi connectivity index (χ4n) is 1.33. The summed E-state index contributed by atoms with van der Waals surface area (Å²) in [6.45, 7) is 2.24. The molecule has 0 N–H and O–H groups in total. The molecule has 0 unspecified atom stereocenters. The lowest BCUT2D eigenvalue weighted by atomic mass is 10.1. The van der Waals surface area contributed by atoms with Crippen LogP contribution in [0.4, 0.5) is 13.2 Å². The summed E-state index contributed by atoms with van der Waals surface area (Å²) in [5.74, 6) is -0.0713. The molecule has 96 valence electrons. The third kappa shape index (κ3) is 4.11. The van der Waals surface area contributed by atoms with E-state index in [1.165, 1.54) is 6.07 Å². The van der Waals surface area contributed by atoms with E-state index in [1.54, 1.807) is 6.07 Å². The van der Waals surface area contributed by atoms with Gasteiger partial charge in [0.25, 0.3) is 0 Å². The van der Waals surface area contributed by atoms with E-state index in [9.17, 15) is 13.2 Å². The first-order valence-corrected chi connectivity index (χ1v) is 5.91. The van der Waals surface area contributed by atoms with Gasteiger partial charge in [-0.25, -0.2) is 0 Å². The highest BCUT2D eigenvalue weighted by molar-refractivity contribution is 6.17. The Bertz CT molecular complexity index is 363. The number of alkyl halides is 4. The number of unbranched alkanes of at least 4 members (excludes halogenated alkanes) is 1. The van der Waals surface area contributed by atoms with Crippen LogP contribution in [0.3, 0.4) is 0 Å². The zero-order chi connectivity index (χ0) is 12.9. The molecule has 5 heteroatoms. The summed E-state index contributed by atoms with van der Waals surface area (Å²) in [5.41, 5.74) is -0.325. The van der Waals surface area contributed by atoms with Gasteiger partial charge in [-0.2, -0.15) is 13.2 Å². The molecule has 1 aromatic carbocycles. The molecule has 0 aliphatic carbocycles. The second kappa shape index (κ2) is 6.15. The second-order valence-electron chi connectivity index (χ2n) is 3.66. The molecule has 0 aliphatic rings. The first-order chi connectivity index (χ1) is 7.99. The average molecular weight is 267 g/mol. The highest BCUT2D eigenvalue weighted by atomic mass is 35.5. The number of hydrogen-bond acceptors (Lipinski definition) is 1. The van der Waals surface area contributed by atoms with Crippen LogP contribution < -0.4 is 4.74 Å². The van der Waals surface area contributed by atoms with Gasteiger partial charge in [0.15, 0.2) is 0 Å². The minimum absolute atomic E-state index is 0.0539. The van der Waals surface area contributed by atoms with Crippen LogP contribution in [-0.4, -0.2) is 6.61 Å². The predicted molar refractivity (Wildman–Crippen MR) is 61.4 cm³/mol. The van der Waals surface area contributed by atoms with Gasteiger partial charge in [-0.05, 0) is 24.1 Å². The van der Waals surface area contributed by atoms with E-state index in [2.05, 4.69) is 0 Å². The third-order valence-electron chi connectivity index (χ3n) is 2.26. The second-order valence-corrected chi connectivity index (χ2v) is 3.93. The van der Waals surface area contributed by atoms with Crippen LogP contribution in [0.5, 0.6) is 5.75 Å². The largest absolute Gasteiger partial charge is 0.493 e. The Labute approximate surface area is 104 Å². The predicted octanol–water partition coefficient (Wildman–Crippen LogP) is 4.62. The highest BCUT2D eigenvalue weighted by Gasteiger charge is 2.34. The van der Waals surface area contributed by atoms with Crippen LogP contribution in [0.2, 0.25) is 0 Å². The molecule has 0 saturated heterocycles. The first-order valence-electron chi connectivity index (χ1n) is 5.38. The van der Waals surface area contributed by atoms with Crippen LogP contribution in [-0.2, 0) is 12.1 Å². The summed E-state index contributed by atoms with van der Waals surface area (Å²) in [6, 6.07) is 3.91. The van der Waals surface area contributed by atoms with Gasteiger partial charge in [-0.15, -0.1) is 11.6 Å². The summed E-state index contributed by atoms with van der Waals surface area (Å²) in [6.07, 6.45) is -2.81. The maximum absolute atomic E-state index is 12.8.